The van der Waals surface area contributed by atoms with E-state index in [-0.39, 0.29) is 28.6 Å². The van der Waals surface area contributed by atoms with Gasteiger partial charge in [-0.3, -0.25) is 4.79 Å². The van der Waals surface area contributed by atoms with Crippen LogP contribution in [0.1, 0.15) is 12.5 Å². The number of thioether (sulfide) groups is 1. The second-order valence-corrected chi connectivity index (χ2v) is 4.91. The number of nitrogens with zero attached hydrogens (tertiary/aromatic N) is 2. The minimum Gasteiger partial charge on any atom is -0.488 e. The monoisotopic (exact) mass is 323 g/mol. The summed E-state index contributed by atoms with van der Waals surface area (Å²) in [4.78, 5) is 18.3. The Morgan fingerprint density at radius 3 is 2.55 bits per heavy atom. The van der Waals surface area contributed by atoms with Gasteiger partial charge < -0.3 is 9.72 Å². The molecular formula is C14H11F2N3O2S. The van der Waals surface area contributed by atoms with Crippen molar-refractivity contribution in [3.05, 3.63) is 39.7 Å². The van der Waals surface area contributed by atoms with E-state index < -0.39 is 22.9 Å². The van der Waals surface area contributed by atoms with Crippen LogP contribution in [0.25, 0.3) is 11.3 Å². The predicted octanol–water partition coefficient (Wildman–Crippen LogP) is 2.71. The molecule has 0 amide bonds. The lowest BCUT2D eigenvalue weighted by Crippen LogP contribution is -2.14. The van der Waals surface area contributed by atoms with E-state index in [2.05, 4.69) is 9.97 Å². The van der Waals surface area contributed by atoms with Crippen LogP contribution in [0.4, 0.5) is 8.78 Å². The first-order chi connectivity index (χ1) is 10.5. The van der Waals surface area contributed by atoms with Crippen molar-refractivity contribution in [1.29, 1.82) is 5.26 Å². The van der Waals surface area contributed by atoms with Gasteiger partial charge in [-0.25, -0.2) is 13.8 Å². The Labute approximate surface area is 129 Å². The van der Waals surface area contributed by atoms with Crippen molar-refractivity contribution in [2.24, 2.45) is 0 Å². The van der Waals surface area contributed by atoms with Crippen molar-refractivity contribution in [2.75, 3.05) is 12.9 Å². The van der Waals surface area contributed by atoms with E-state index in [4.69, 9.17) is 10.00 Å². The van der Waals surface area contributed by atoms with Crippen LogP contribution < -0.4 is 10.3 Å². The fourth-order valence-electron chi connectivity index (χ4n) is 1.84. The first-order valence-electron chi connectivity index (χ1n) is 6.22. The SMILES string of the molecule is CCOc1c(F)cc(-c2nc(SC)[nH]c(=O)c2C#N)cc1F. The van der Waals surface area contributed by atoms with Crippen molar-refractivity contribution >= 4 is 11.8 Å². The molecule has 0 atom stereocenters. The molecule has 0 unspecified atom stereocenters. The molecule has 2 aromatic rings. The third-order valence-electron chi connectivity index (χ3n) is 2.76. The van der Waals surface area contributed by atoms with Crippen molar-refractivity contribution in [1.82, 2.24) is 9.97 Å². The Morgan fingerprint density at radius 2 is 2.05 bits per heavy atom. The number of rotatable bonds is 4. The van der Waals surface area contributed by atoms with Crippen LogP contribution in [0.15, 0.2) is 22.1 Å². The zero-order valence-electron chi connectivity index (χ0n) is 11.7. The maximum absolute atomic E-state index is 13.9. The zero-order valence-corrected chi connectivity index (χ0v) is 12.6. The minimum absolute atomic E-state index is 0.00333. The quantitative estimate of drug-likeness (QED) is 0.691. The summed E-state index contributed by atoms with van der Waals surface area (Å²) in [6.07, 6.45) is 1.67. The summed E-state index contributed by atoms with van der Waals surface area (Å²) in [6.45, 7) is 1.71. The van der Waals surface area contributed by atoms with Gasteiger partial charge in [-0.15, -0.1) is 0 Å². The molecule has 22 heavy (non-hydrogen) atoms. The summed E-state index contributed by atoms with van der Waals surface area (Å²) in [7, 11) is 0. The van der Waals surface area contributed by atoms with Crippen LogP contribution in [-0.4, -0.2) is 22.8 Å². The lowest BCUT2D eigenvalue weighted by Gasteiger charge is -2.09. The minimum atomic E-state index is -0.923. The highest BCUT2D eigenvalue weighted by atomic mass is 32.2. The van der Waals surface area contributed by atoms with Gasteiger partial charge in [-0.1, -0.05) is 11.8 Å². The molecule has 5 nitrogen and oxygen atoms in total. The molecule has 0 aliphatic rings. The molecular weight excluding hydrogens is 312 g/mol. The molecule has 0 saturated carbocycles. The summed E-state index contributed by atoms with van der Waals surface area (Å²) in [5, 5.41) is 9.32. The van der Waals surface area contributed by atoms with E-state index in [1.165, 1.54) is 0 Å². The van der Waals surface area contributed by atoms with E-state index in [1.54, 1.807) is 19.2 Å². The molecule has 1 aromatic carbocycles. The topological polar surface area (TPSA) is 78.8 Å². The van der Waals surface area contributed by atoms with Crippen LogP contribution >= 0.6 is 11.8 Å². The first-order valence-corrected chi connectivity index (χ1v) is 7.44. The van der Waals surface area contributed by atoms with E-state index in [0.717, 1.165) is 23.9 Å². The lowest BCUT2D eigenvalue weighted by atomic mass is 10.1. The molecule has 0 fully saturated rings. The summed E-state index contributed by atoms with van der Waals surface area (Å²) in [6, 6.07) is 3.67. The van der Waals surface area contributed by atoms with Crippen LogP contribution in [-0.2, 0) is 0 Å². The van der Waals surface area contributed by atoms with Crippen molar-refractivity contribution < 1.29 is 13.5 Å². The number of ether oxygens (including phenoxy) is 1. The van der Waals surface area contributed by atoms with Crippen LogP contribution in [0, 0.1) is 23.0 Å². The highest BCUT2D eigenvalue weighted by Crippen LogP contribution is 2.29. The summed E-state index contributed by atoms with van der Waals surface area (Å²) in [5.74, 6) is -2.35. The second kappa shape index (κ2) is 6.58. The van der Waals surface area contributed by atoms with Crippen LogP contribution in [0.2, 0.25) is 0 Å². The standard InChI is InChI=1S/C14H11F2N3O2S/c1-3-21-12-9(15)4-7(5-10(12)16)11-8(6-17)13(20)19-14(18-11)22-2/h4-5H,3H2,1-2H3,(H,18,19,20). The second-order valence-electron chi connectivity index (χ2n) is 4.11. The van der Waals surface area contributed by atoms with Crippen LogP contribution in [0.3, 0.4) is 0 Å². The fraction of sp³-hybridized carbons (Fsp3) is 0.214. The van der Waals surface area contributed by atoms with E-state index >= 15 is 0 Å². The number of halogens is 2. The predicted molar refractivity (Wildman–Crippen MR) is 77.9 cm³/mol. The van der Waals surface area contributed by atoms with E-state index in [9.17, 15) is 13.6 Å². The molecule has 0 spiro atoms. The lowest BCUT2D eigenvalue weighted by molar-refractivity contribution is 0.303. The molecule has 1 heterocycles. The highest BCUT2D eigenvalue weighted by Gasteiger charge is 2.18. The van der Waals surface area contributed by atoms with Gasteiger partial charge in [0.2, 0.25) is 0 Å². The van der Waals surface area contributed by atoms with E-state index in [1.807, 2.05) is 0 Å². The summed E-state index contributed by atoms with van der Waals surface area (Å²) in [5.41, 5.74) is -1.04. The normalized spacial score (nSPS) is 10.3. The van der Waals surface area contributed by atoms with Gasteiger partial charge in [0, 0.05) is 5.56 Å². The van der Waals surface area contributed by atoms with Crippen molar-refractivity contribution in [3.8, 4) is 23.1 Å². The summed E-state index contributed by atoms with van der Waals surface area (Å²) < 4.78 is 32.7. The van der Waals surface area contributed by atoms with Crippen molar-refractivity contribution in [3.63, 3.8) is 0 Å². The Morgan fingerprint density at radius 1 is 1.41 bits per heavy atom. The Balaban J connectivity index is 2.69. The van der Waals surface area contributed by atoms with Gasteiger partial charge >= 0.3 is 0 Å². The van der Waals surface area contributed by atoms with Gasteiger partial charge in [0.1, 0.15) is 11.6 Å². The highest BCUT2D eigenvalue weighted by molar-refractivity contribution is 7.98. The molecule has 0 aliphatic carbocycles. The van der Waals surface area contributed by atoms with Crippen molar-refractivity contribution in [2.45, 2.75) is 12.1 Å². The molecule has 0 aliphatic heterocycles. The van der Waals surface area contributed by atoms with Gasteiger partial charge in [0.05, 0.1) is 12.3 Å². The first kappa shape index (κ1) is 16.0. The maximum atomic E-state index is 13.9. The number of aromatic nitrogens is 2. The molecule has 0 saturated heterocycles. The van der Waals surface area contributed by atoms with Crippen LogP contribution in [0.5, 0.6) is 5.75 Å². The molecule has 1 aromatic heterocycles. The fourth-order valence-corrected chi connectivity index (χ4v) is 2.22. The largest absolute Gasteiger partial charge is 0.488 e. The number of nitriles is 1. The number of benzene rings is 1. The average Bonchev–Trinajstić information content (AvgIpc) is 2.49. The number of aromatic amines is 1. The number of nitrogens with one attached hydrogen (secondary N) is 1. The molecule has 2 rings (SSSR count). The third-order valence-corrected chi connectivity index (χ3v) is 3.34. The molecule has 0 radical (unpaired) electrons. The molecule has 0 bridgehead atoms. The Hall–Kier alpha value is -2.40. The van der Waals surface area contributed by atoms with Gasteiger partial charge in [0.15, 0.2) is 22.5 Å². The smallest absolute Gasteiger partial charge is 0.270 e. The van der Waals surface area contributed by atoms with Gasteiger partial charge in [-0.05, 0) is 25.3 Å². The van der Waals surface area contributed by atoms with Gasteiger partial charge in [-0.2, -0.15) is 5.26 Å². The average molecular weight is 323 g/mol. The third kappa shape index (κ3) is 2.94. The Kier molecular flexibility index (Phi) is 4.78. The molecule has 8 heteroatoms. The van der Waals surface area contributed by atoms with Gasteiger partial charge in [0.25, 0.3) is 5.56 Å². The zero-order chi connectivity index (χ0) is 16.3. The molecule has 1 N–H and O–H groups in total. The maximum Gasteiger partial charge on any atom is 0.270 e. The number of hydrogen-bond acceptors (Lipinski definition) is 5. The molecule has 114 valence electrons. The number of hydrogen-bond donors (Lipinski definition) is 1. The summed E-state index contributed by atoms with van der Waals surface area (Å²) >= 11 is 1.14. The number of H-pyrrole nitrogens is 1. The van der Waals surface area contributed by atoms with E-state index in [0.29, 0.717) is 0 Å². The Bertz CT molecular complexity index is 792.